The smallest absolute Gasteiger partial charge is 0.0931 e. The van der Waals surface area contributed by atoms with Gasteiger partial charge in [0.05, 0.1) is 11.8 Å². The molecule has 2 atom stereocenters. The first-order valence-corrected chi connectivity index (χ1v) is 4.80. The Morgan fingerprint density at radius 2 is 1.92 bits per heavy atom. The molecule has 0 saturated heterocycles. The van der Waals surface area contributed by atoms with Gasteiger partial charge in [0.25, 0.3) is 0 Å². The maximum atomic E-state index is 9.34. The lowest BCUT2D eigenvalue weighted by molar-refractivity contribution is 0.194. The van der Waals surface area contributed by atoms with Crippen LogP contribution in [0.4, 0.5) is 0 Å². The van der Waals surface area contributed by atoms with E-state index in [2.05, 4.69) is 18.8 Å². The van der Waals surface area contributed by atoms with Crippen LogP contribution in [0.5, 0.6) is 0 Å². The van der Waals surface area contributed by atoms with Crippen molar-refractivity contribution in [2.45, 2.75) is 39.2 Å². The summed E-state index contributed by atoms with van der Waals surface area (Å²) in [4.78, 5) is 4.39. The van der Waals surface area contributed by atoms with Gasteiger partial charge in [0.15, 0.2) is 0 Å². The largest absolute Gasteiger partial charge is 0.387 e. The molecule has 72 valence electrons. The van der Waals surface area contributed by atoms with Crippen LogP contribution >= 0.6 is 0 Å². The zero-order valence-corrected chi connectivity index (χ0v) is 8.49. The Morgan fingerprint density at radius 1 is 1.31 bits per heavy atom. The van der Waals surface area contributed by atoms with Crippen LogP contribution in [0.2, 0.25) is 0 Å². The minimum Gasteiger partial charge on any atom is -0.387 e. The molecule has 0 aromatic carbocycles. The average Bonchev–Trinajstić information content (AvgIpc) is 2.17. The predicted octanol–water partition coefficient (Wildman–Crippen LogP) is 2.65. The zero-order valence-electron chi connectivity index (χ0n) is 8.49. The van der Waals surface area contributed by atoms with E-state index in [0.29, 0.717) is 5.92 Å². The molecule has 1 unspecified atom stereocenters. The Balaban J connectivity index is 2.91. The third kappa shape index (κ3) is 2.52. The van der Waals surface area contributed by atoms with Gasteiger partial charge in [0, 0.05) is 5.69 Å². The van der Waals surface area contributed by atoms with Gasteiger partial charge in [-0.25, -0.2) is 0 Å². The molecule has 13 heavy (non-hydrogen) atoms. The molecule has 1 rings (SSSR count). The quantitative estimate of drug-likeness (QED) is 0.773. The minimum absolute atomic E-state index is 0.469. The number of aliphatic hydroxyl groups is 1. The van der Waals surface area contributed by atoms with E-state index in [9.17, 15) is 5.11 Å². The average molecular weight is 179 g/mol. The van der Waals surface area contributed by atoms with Crippen molar-refractivity contribution in [1.29, 1.82) is 0 Å². The van der Waals surface area contributed by atoms with Crippen LogP contribution in [0.1, 0.15) is 50.6 Å². The minimum atomic E-state index is -0.469. The Hall–Kier alpha value is -0.890. The van der Waals surface area contributed by atoms with Crippen LogP contribution in [-0.4, -0.2) is 10.1 Å². The van der Waals surface area contributed by atoms with Gasteiger partial charge in [-0.2, -0.15) is 0 Å². The normalized spacial score (nSPS) is 15.4. The lowest BCUT2D eigenvalue weighted by Crippen LogP contribution is -2.01. The molecule has 1 aromatic rings. The SMILES string of the molecule is CC[C@H](C)c1cccc(C(C)O)n1. The van der Waals surface area contributed by atoms with Gasteiger partial charge in [-0.15, -0.1) is 0 Å². The summed E-state index contributed by atoms with van der Waals surface area (Å²) < 4.78 is 0. The Bertz CT molecular complexity index is 271. The van der Waals surface area contributed by atoms with E-state index >= 15 is 0 Å². The maximum absolute atomic E-state index is 9.34. The molecule has 0 fully saturated rings. The number of aromatic nitrogens is 1. The van der Waals surface area contributed by atoms with E-state index in [0.717, 1.165) is 17.8 Å². The number of rotatable bonds is 3. The van der Waals surface area contributed by atoms with Crippen LogP contribution in [-0.2, 0) is 0 Å². The van der Waals surface area contributed by atoms with E-state index in [1.165, 1.54) is 0 Å². The third-order valence-electron chi connectivity index (χ3n) is 2.34. The molecule has 0 aliphatic carbocycles. The second-order valence-corrected chi connectivity index (χ2v) is 3.47. The first-order chi connectivity index (χ1) is 6.15. The van der Waals surface area contributed by atoms with Crippen molar-refractivity contribution >= 4 is 0 Å². The predicted molar refractivity (Wildman–Crippen MR) is 53.6 cm³/mol. The summed E-state index contributed by atoms with van der Waals surface area (Å²) in [6, 6.07) is 5.83. The number of hydrogen-bond donors (Lipinski definition) is 1. The molecule has 1 N–H and O–H groups in total. The highest BCUT2D eigenvalue weighted by Crippen LogP contribution is 2.18. The Labute approximate surface area is 79.6 Å². The summed E-state index contributed by atoms with van der Waals surface area (Å²) in [5.41, 5.74) is 1.83. The molecular weight excluding hydrogens is 162 g/mol. The number of nitrogens with zero attached hydrogens (tertiary/aromatic N) is 1. The molecule has 0 amide bonds. The summed E-state index contributed by atoms with van der Waals surface area (Å²) in [7, 11) is 0. The van der Waals surface area contributed by atoms with Crippen molar-refractivity contribution < 1.29 is 5.11 Å². The Morgan fingerprint density at radius 3 is 2.46 bits per heavy atom. The van der Waals surface area contributed by atoms with Crippen LogP contribution in [0.3, 0.4) is 0 Å². The van der Waals surface area contributed by atoms with Crippen molar-refractivity contribution in [3.05, 3.63) is 29.6 Å². The van der Waals surface area contributed by atoms with Gasteiger partial charge >= 0.3 is 0 Å². The molecule has 0 bridgehead atoms. The number of aliphatic hydroxyl groups excluding tert-OH is 1. The van der Waals surface area contributed by atoms with E-state index in [4.69, 9.17) is 0 Å². The summed E-state index contributed by atoms with van der Waals surface area (Å²) in [6.45, 7) is 6.03. The monoisotopic (exact) mass is 179 g/mol. The third-order valence-corrected chi connectivity index (χ3v) is 2.34. The first-order valence-electron chi connectivity index (χ1n) is 4.80. The maximum Gasteiger partial charge on any atom is 0.0931 e. The number of pyridine rings is 1. The molecule has 0 aliphatic rings. The van der Waals surface area contributed by atoms with E-state index in [1.54, 1.807) is 6.92 Å². The molecule has 0 spiro atoms. The molecule has 0 aliphatic heterocycles. The summed E-state index contributed by atoms with van der Waals surface area (Å²) in [5, 5.41) is 9.34. The standard InChI is InChI=1S/C11H17NO/c1-4-8(2)10-6-5-7-11(12-10)9(3)13/h5-9,13H,4H2,1-3H3/t8-,9?/m0/s1. The molecule has 1 heterocycles. The van der Waals surface area contributed by atoms with Crippen molar-refractivity contribution in [3.8, 4) is 0 Å². The summed E-state index contributed by atoms with van der Waals surface area (Å²) in [6.07, 6.45) is 0.611. The lowest BCUT2D eigenvalue weighted by Gasteiger charge is -2.10. The highest BCUT2D eigenvalue weighted by Gasteiger charge is 2.07. The fourth-order valence-corrected chi connectivity index (χ4v) is 1.19. The second-order valence-electron chi connectivity index (χ2n) is 3.47. The highest BCUT2D eigenvalue weighted by atomic mass is 16.3. The van der Waals surface area contributed by atoms with Gasteiger partial charge in [-0.1, -0.05) is 19.9 Å². The van der Waals surface area contributed by atoms with E-state index in [1.807, 2.05) is 18.2 Å². The molecular formula is C11H17NO. The van der Waals surface area contributed by atoms with Crippen molar-refractivity contribution in [2.24, 2.45) is 0 Å². The first kappa shape index (κ1) is 10.2. The molecule has 0 radical (unpaired) electrons. The van der Waals surface area contributed by atoms with E-state index in [-0.39, 0.29) is 0 Å². The molecule has 2 heteroatoms. The molecule has 0 saturated carbocycles. The van der Waals surface area contributed by atoms with Crippen molar-refractivity contribution in [1.82, 2.24) is 4.98 Å². The topological polar surface area (TPSA) is 33.1 Å². The van der Waals surface area contributed by atoms with Crippen LogP contribution in [0.25, 0.3) is 0 Å². The van der Waals surface area contributed by atoms with E-state index < -0.39 is 6.10 Å². The van der Waals surface area contributed by atoms with Crippen LogP contribution < -0.4 is 0 Å². The van der Waals surface area contributed by atoms with Crippen molar-refractivity contribution in [2.75, 3.05) is 0 Å². The zero-order chi connectivity index (χ0) is 9.84. The van der Waals surface area contributed by atoms with Gasteiger partial charge in [-0.05, 0) is 31.4 Å². The highest BCUT2D eigenvalue weighted by molar-refractivity contribution is 5.15. The fourth-order valence-electron chi connectivity index (χ4n) is 1.19. The summed E-state index contributed by atoms with van der Waals surface area (Å²) in [5.74, 6) is 0.471. The summed E-state index contributed by atoms with van der Waals surface area (Å²) >= 11 is 0. The van der Waals surface area contributed by atoms with Crippen molar-refractivity contribution in [3.63, 3.8) is 0 Å². The molecule has 2 nitrogen and oxygen atoms in total. The van der Waals surface area contributed by atoms with Gasteiger partial charge in [-0.3, -0.25) is 4.98 Å². The number of hydrogen-bond acceptors (Lipinski definition) is 2. The lowest BCUT2D eigenvalue weighted by atomic mass is 10.0. The van der Waals surface area contributed by atoms with Crippen LogP contribution in [0.15, 0.2) is 18.2 Å². The Kier molecular flexibility index (Phi) is 3.43. The molecule has 1 aromatic heterocycles. The van der Waals surface area contributed by atoms with Gasteiger partial charge in [0.1, 0.15) is 0 Å². The van der Waals surface area contributed by atoms with Gasteiger partial charge < -0.3 is 5.11 Å². The van der Waals surface area contributed by atoms with Crippen LogP contribution in [0, 0.1) is 0 Å². The van der Waals surface area contributed by atoms with Gasteiger partial charge in [0.2, 0.25) is 0 Å². The second kappa shape index (κ2) is 4.38. The fraction of sp³-hybridized carbons (Fsp3) is 0.545.